The highest BCUT2D eigenvalue weighted by Gasteiger charge is 2.19. The molecule has 0 aromatic heterocycles. The Hall–Kier alpha value is -3.93. The van der Waals surface area contributed by atoms with Crippen molar-refractivity contribution in [2.24, 2.45) is 0 Å². The summed E-state index contributed by atoms with van der Waals surface area (Å²) in [5.41, 5.74) is 0. The Balaban J connectivity index is 4.52. The van der Waals surface area contributed by atoms with Crippen LogP contribution < -0.4 is 0 Å². The number of rotatable bonds is 49. The van der Waals surface area contributed by atoms with Gasteiger partial charge in [-0.1, -0.05) is 239 Å². The van der Waals surface area contributed by atoms with Gasteiger partial charge in [-0.2, -0.15) is 0 Å². The highest BCUT2D eigenvalue weighted by Crippen LogP contribution is 2.15. The molecule has 0 aromatic carbocycles. The van der Waals surface area contributed by atoms with Gasteiger partial charge in [0.15, 0.2) is 6.10 Å². The van der Waals surface area contributed by atoms with Crippen molar-refractivity contribution in [1.29, 1.82) is 0 Å². The number of carbonyl (C=O) groups excluding carboxylic acids is 3. The highest BCUT2D eigenvalue weighted by molar-refractivity contribution is 5.71. The minimum atomic E-state index is -0.825. The van der Waals surface area contributed by atoms with E-state index in [2.05, 4.69) is 130 Å². The zero-order chi connectivity index (χ0) is 49.3. The van der Waals surface area contributed by atoms with E-state index in [4.69, 9.17) is 14.2 Å². The second kappa shape index (κ2) is 55.7. The summed E-state index contributed by atoms with van der Waals surface area (Å²) in [6, 6.07) is 0. The number of hydrogen-bond acceptors (Lipinski definition) is 6. The Labute approximate surface area is 419 Å². The first-order valence-corrected chi connectivity index (χ1v) is 27.9. The molecule has 68 heavy (non-hydrogen) atoms. The largest absolute Gasteiger partial charge is 0.462 e. The summed E-state index contributed by atoms with van der Waals surface area (Å²) in [5.74, 6) is -1.02. The van der Waals surface area contributed by atoms with Crippen LogP contribution in [0.5, 0.6) is 0 Å². The van der Waals surface area contributed by atoms with Crippen molar-refractivity contribution in [1.82, 2.24) is 0 Å². The molecule has 0 heterocycles. The van der Waals surface area contributed by atoms with Crippen molar-refractivity contribution in [2.75, 3.05) is 13.2 Å². The first-order valence-electron chi connectivity index (χ1n) is 27.9. The van der Waals surface area contributed by atoms with Crippen LogP contribution in [0.15, 0.2) is 109 Å². The quantitative estimate of drug-likeness (QED) is 0.0262. The molecule has 0 bridgehead atoms. The van der Waals surface area contributed by atoms with Crippen LogP contribution >= 0.6 is 0 Å². The summed E-state index contributed by atoms with van der Waals surface area (Å²) in [7, 11) is 0. The van der Waals surface area contributed by atoms with Crippen LogP contribution in [0.3, 0.4) is 0 Å². The van der Waals surface area contributed by atoms with Crippen LogP contribution in [0.25, 0.3) is 0 Å². The molecular formula is C62H102O6. The van der Waals surface area contributed by atoms with Gasteiger partial charge >= 0.3 is 17.9 Å². The van der Waals surface area contributed by atoms with E-state index in [9.17, 15) is 14.4 Å². The van der Waals surface area contributed by atoms with Crippen molar-refractivity contribution >= 4 is 17.9 Å². The number of esters is 3. The Morgan fingerprint density at radius 2 is 0.588 bits per heavy atom. The lowest BCUT2D eigenvalue weighted by atomic mass is 10.0. The molecule has 0 aliphatic carbocycles. The summed E-state index contributed by atoms with van der Waals surface area (Å²) in [4.78, 5) is 38.1. The van der Waals surface area contributed by atoms with Gasteiger partial charge in [-0.25, -0.2) is 0 Å². The van der Waals surface area contributed by atoms with Gasteiger partial charge in [0, 0.05) is 19.3 Å². The van der Waals surface area contributed by atoms with Gasteiger partial charge in [0.2, 0.25) is 0 Å². The molecule has 0 fully saturated rings. The third-order valence-electron chi connectivity index (χ3n) is 11.5. The van der Waals surface area contributed by atoms with Crippen LogP contribution in [0, 0.1) is 0 Å². The fourth-order valence-electron chi connectivity index (χ4n) is 7.41. The number of hydrogen-bond donors (Lipinski definition) is 0. The highest BCUT2D eigenvalue weighted by atomic mass is 16.6. The van der Waals surface area contributed by atoms with E-state index in [1.165, 1.54) is 96.3 Å². The van der Waals surface area contributed by atoms with E-state index in [0.717, 1.165) is 96.3 Å². The van der Waals surface area contributed by atoms with E-state index in [0.29, 0.717) is 25.7 Å². The van der Waals surface area contributed by atoms with Gasteiger partial charge in [0.05, 0.1) is 0 Å². The van der Waals surface area contributed by atoms with Gasteiger partial charge in [0.25, 0.3) is 0 Å². The fraction of sp³-hybridized carbons (Fsp3) is 0.661. The van der Waals surface area contributed by atoms with E-state index in [1.54, 1.807) is 0 Å². The van der Waals surface area contributed by atoms with Gasteiger partial charge in [-0.05, 0) is 96.3 Å². The number of unbranched alkanes of at least 4 members (excludes halogenated alkanes) is 20. The molecule has 0 rings (SSSR count). The fourth-order valence-corrected chi connectivity index (χ4v) is 7.41. The predicted molar refractivity (Wildman–Crippen MR) is 293 cm³/mol. The smallest absolute Gasteiger partial charge is 0.306 e. The minimum absolute atomic E-state index is 0.114. The molecule has 0 aliphatic heterocycles. The molecule has 0 amide bonds. The van der Waals surface area contributed by atoms with Crippen LogP contribution in [0.4, 0.5) is 0 Å². The van der Waals surface area contributed by atoms with E-state index in [1.807, 2.05) is 0 Å². The van der Waals surface area contributed by atoms with Crippen molar-refractivity contribution in [2.45, 2.75) is 252 Å². The summed E-state index contributed by atoms with van der Waals surface area (Å²) in [6.45, 7) is 6.33. The van der Waals surface area contributed by atoms with Crippen molar-refractivity contribution in [3.63, 3.8) is 0 Å². The van der Waals surface area contributed by atoms with Gasteiger partial charge in [-0.3, -0.25) is 14.4 Å². The third-order valence-corrected chi connectivity index (χ3v) is 11.5. The predicted octanol–water partition coefficient (Wildman–Crippen LogP) is 18.7. The number of ether oxygens (including phenoxy) is 3. The SMILES string of the molecule is CC/C=C\C/C=C\C/C=C\C/C=C\C/C=C\CCCC(=O)OC(COC(=O)CCCC/C=C\C/C=C\C/C=C\C/C=C\CC)COC(=O)CCCCCCCCCCCCCCCCCCCC. The first kappa shape index (κ1) is 64.1. The monoisotopic (exact) mass is 943 g/mol. The van der Waals surface area contributed by atoms with Gasteiger partial charge < -0.3 is 14.2 Å². The zero-order valence-corrected chi connectivity index (χ0v) is 44.1. The second-order valence-electron chi connectivity index (χ2n) is 18.1. The van der Waals surface area contributed by atoms with Crippen molar-refractivity contribution in [3.05, 3.63) is 109 Å². The molecule has 0 saturated carbocycles. The maximum absolute atomic E-state index is 12.8. The molecule has 0 radical (unpaired) electrons. The topological polar surface area (TPSA) is 78.9 Å². The molecule has 0 aromatic rings. The lowest BCUT2D eigenvalue weighted by molar-refractivity contribution is -0.167. The van der Waals surface area contributed by atoms with E-state index >= 15 is 0 Å². The van der Waals surface area contributed by atoms with Crippen LogP contribution in [0.2, 0.25) is 0 Å². The lowest BCUT2D eigenvalue weighted by Crippen LogP contribution is -2.30. The third kappa shape index (κ3) is 53.0. The Bertz CT molecular complexity index is 1410. The summed E-state index contributed by atoms with van der Waals surface area (Å²) in [6.07, 6.45) is 75.2. The Morgan fingerprint density at radius 3 is 0.941 bits per heavy atom. The van der Waals surface area contributed by atoms with Crippen molar-refractivity contribution in [3.8, 4) is 0 Å². The normalized spacial score (nSPS) is 12.9. The van der Waals surface area contributed by atoms with Gasteiger partial charge in [-0.15, -0.1) is 0 Å². The van der Waals surface area contributed by atoms with E-state index < -0.39 is 6.10 Å². The maximum atomic E-state index is 12.8. The molecule has 6 nitrogen and oxygen atoms in total. The number of carbonyl (C=O) groups is 3. The van der Waals surface area contributed by atoms with Crippen LogP contribution in [0.1, 0.15) is 245 Å². The summed E-state index contributed by atoms with van der Waals surface area (Å²) < 4.78 is 16.8. The molecule has 0 aliphatic rings. The minimum Gasteiger partial charge on any atom is -0.462 e. The molecule has 386 valence electrons. The van der Waals surface area contributed by atoms with E-state index in [-0.39, 0.29) is 37.5 Å². The average molecular weight is 943 g/mol. The molecule has 0 saturated heterocycles. The molecule has 0 spiro atoms. The van der Waals surface area contributed by atoms with Crippen molar-refractivity contribution < 1.29 is 28.6 Å². The molecule has 1 atom stereocenters. The first-order chi connectivity index (χ1) is 33.5. The lowest BCUT2D eigenvalue weighted by Gasteiger charge is -2.18. The van der Waals surface area contributed by atoms with Gasteiger partial charge in [0.1, 0.15) is 13.2 Å². The molecule has 1 unspecified atom stereocenters. The zero-order valence-electron chi connectivity index (χ0n) is 44.1. The molecule has 6 heteroatoms. The standard InChI is InChI=1S/C62H102O6/c1-4-7-10-13-16-19-22-25-28-30-32-34-37-40-43-46-49-52-55-61(64)67-58-59(57-66-60(63)54-51-48-45-42-39-36-33-27-24-21-18-15-12-9-6-3)68-62(65)56-53-50-47-44-41-38-35-31-29-26-23-20-17-14-11-8-5-2/h8-9,11-12,17-18,20-21,26-27,29,33,35,38-39,42,44,47,59H,4-7,10,13-16,19,22-25,28,30-32,34,36-37,40-41,43,45-46,48-58H2,1-3H3/b11-8-,12-9-,20-17-,21-18-,29-26-,33-27-,38-35-,42-39-,47-44-. The molecular weight excluding hydrogens is 841 g/mol. The Morgan fingerprint density at radius 1 is 0.309 bits per heavy atom. The maximum Gasteiger partial charge on any atom is 0.306 e. The summed E-state index contributed by atoms with van der Waals surface area (Å²) >= 11 is 0. The van der Waals surface area contributed by atoms with Crippen LogP contribution in [-0.4, -0.2) is 37.2 Å². The second-order valence-corrected chi connectivity index (χ2v) is 18.1. The number of allylic oxidation sites excluding steroid dienone is 18. The average Bonchev–Trinajstić information content (AvgIpc) is 3.34. The summed E-state index contributed by atoms with van der Waals surface area (Å²) in [5, 5.41) is 0. The van der Waals surface area contributed by atoms with Crippen LogP contribution in [-0.2, 0) is 28.6 Å². The Kier molecular flexibility index (Phi) is 52.4. The molecule has 0 N–H and O–H groups in total.